The monoisotopic (exact) mass is 314 g/mol. The van der Waals surface area contributed by atoms with E-state index in [-0.39, 0.29) is 12.5 Å². The summed E-state index contributed by atoms with van der Waals surface area (Å²) in [7, 11) is 1.51. The molecule has 1 saturated heterocycles. The first-order valence-corrected chi connectivity index (χ1v) is 7.07. The summed E-state index contributed by atoms with van der Waals surface area (Å²) in [5.41, 5.74) is 0.640. The Hall–Kier alpha value is -1.90. The van der Waals surface area contributed by atoms with E-state index in [4.69, 9.17) is 0 Å². The first kappa shape index (κ1) is 15.0. The average Bonchev–Trinajstić information content (AvgIpc) is 2.79. The molecule has 0 bridgehead atoms. The van der Waals surface area contributed by atoms with Crippen LogP contribution in [0.15, 0.2) is 12.1 Å². The van der Waals surface area contributed by atoms with Gasteiger partial charge in [0.05, 0.1) is 0 Å². The zero-order chi connectivity index (χ0) is 15.9. The number of aromatic nitrogens is 4. The SMILES string of the molecule is Cc1nnc2ccc(NC3CCC(C(F)(F)F)N(C)C3)nn12. The van der Waals surface area contributed by atoms with Crippen LogP contribution >= 0.6 is 0 Å². The van der Waals surface area contributed by atoms with Gasteiger partial charge in [0.2, 0.25) is 0 Å². The number of anilines is 1. The van der Waals surface area contributed by atoms with Crippen molar-refractivity contribution >= 4 is 11.5 Å². The fourth-order valence-corrected chi connectivity index (χ4v) is 2.86. The second-order valence-corrected chi connectivity index (χ2v) is 5.65. The quantitative estimate of drug-likeness (QED) is 0.917. The number of halogens is 3. The predicted molar refractivity (Wildman–Crippen MR) is 74.6 cm³/mol. The van der Waals surface area contributed by atoms with Crippen LogP contribution in [0, 0.1) is 6.92 Å². The van der Waals surface area contributed by atoms with Crippen LogP contribution in [0.1, 0.15) is 18.7 Å². The van der Waals surface area contributed by atoms with Gasteiger partial charge < -0.3 is 5.32 Å². The number of hydrogen-bond acceptors (Lipinski definition) is 5. The third-order valence-corrected chi connectivity index (χ3v) is 3.98. The minimum absolute atomic E-state index is 0.0645. The number of fused-ring (bicyclic) bond motifs is 1. The van der Waals surface area contributed by atoms with Crippen LogP contribution in [0.25, 0.3) is 5.65 Å². The van der Waals surface area contributed by atoms with Gasteiger partial charge in [-0.3, -0.25) is 4.90 Å². The fourth-order valence-electron chi connectivity index (χ4n) is 2.86. The number of nitrogens with one attached hydrogen (secondary N) is 1. The topological polar surface area (TPSA) is 58.4 Å². The summed E-state index contributed by atoms with van der Waals surface area (Å²) >= 11 is 0. The summed E-state index contributed by atoms with van der Waals surface area (Å²) in [5.74, 6) is 1.27. The molecule has 1 aliphatic heterocycles. The zero-order valence-corrected chi connectivity index (χ0v) is 12.3. The van der Waals surface area contributed by atoms with E-state index in [1.807, 2.05) is 0 Å². The minimum Gasteiger partial charge on any atom is -0.365 e. The van der Waals surface area contributed by atoms with Crippen LogP contribution in [0.2, 0.25) is 0 Å². The molecule has 0 saturated carbocycles. The molecule has 22 heavy (non-hydrogen) atoms. The third-order valence-electron chi connectivity index (χ3n) is 3.98. The van der Waals surface area contributed by atoms with Gasteiger partial charge in [0, 0.05) is 12.6 Å². The van der Waals surface area contributed by atoms with Crippen LogP contribution < -0.4 is 5.32 Å². The van der Waals surface area contributed by atoms with Crippen molar-refractivity contribution in [1.29, 1.82) is 0 Å². The number of hydrogen-bond donors (Lipinski definition) is 1. The van der Waals surface area contributed by atoms with Crippen molar-refractivity contribution in [2.45, 2.75) is 38.0 Å². The van der Waals surface area contributed by atoms with E-state index in [9.17, 15) is 13.2 Å². The predicted octanol–water partition coefficient (Wildman–Crippen LogP) is 1.87. The number of rotatable bonds is 2. The summed E-state index contributed by atoms with van der Waals surface area (Å²) < 4.78 is 40.1. The summed E-state index contributed by atoms with van der Waals surface area (Å²) in [6.45, 7) is 2.12. The van der Waals surface area contributed by atoms with Gasteiger partial charge in [-0.15, -0.1) is 15.3 Å². The Morgan fingerprint density at radius 3 is 2.68 bits per heavy atom. The number of alkyl halides is 3. The van der Waals surface area contributed by atoms with E-state index < -0.39 is 12.2 Å². The second-order valence-electron chi connectivity index (χ2n) is 5.65. The number of likely N-dealkylation sites (tertiary alicyclic amines) is 1. The molecule has 0 amide bonds. The van der Waals surface area contributed by atoms with Crippen molar-refractivity contribution in [2.75, 3.05) is 18.9 Å². The molecule has 0 aromatic carbocycles. The summed E-state index contributed by atoms with van der Waals surface area (Å²) in [6.07, 6.45) is -3.63. The molecule has 6 nitrogen and oxygen atoms in total. The summed E-state index contributed by atoms with van der Waals surface area (Å²) in [6, 6.07) is 2.12. The minimum atomic E-state index is -4.17. The van der Waals surface area contributed by atoms with Crippen molar-refractivity contribution in [3.63, 3.8) is 0 Å². The molecule has 9 heteroatoms. The molecule has 2 aromatic heterocycles. The van der Waals surface area contributed by atoms with Gasteiger partial charge in [0.1, 0.15) is 11.9 Å². The van der Waals surface area contributed by atoms with Crippen molar-refractivity contribution in [2.24, 2.45) is 0 Å². The largest absolute Gasteiger partial charge is 0.404 e. The number of piperidine rings is 1. The molecular weight excluding hydrogens is 297 g/mol. The first-order chi connectivity index (χ1) is 10.3. The van der Waals surface area contributed by atoms with Gasteiger partial charge in [-0.2, -0.15) is 17.7 Å². The van der Waals surface area contributed by atoms with Crippen molar-refractivity contribution in [3.8, 4) is 0 Å². The van der Waals surface area contributed by atoms with Crippen molar-refractivity contribution in [3.05, 3.63) is 18.0 Å². The van der Waals surface area contributed by atoms with E-state index in [1.165, 1.54) is 11.9 Å². The number of nitrogens with zero attached hydrogens (tertiary/aromatic N) is 5. The molecule has 1 N–H and O–H groups in total. The lowest BCUT2D eigenvalue weighted by Crippen LogP contribution is -2.52. The molecule has 0 radical (unpaired) electrons. The normalized spacial score (nSPS) is 23.9. The Labute approximate surface area is 125 Å². The summed E-state index contributed by atoms with van der Waals surface area (Å²) in [5, 5.41) is 15.4. The molecule has 120 valence electrons. The highest BCUT2D eigenvalue weighted by atomic mass is 19.4. The van der Waals surface area contributed by atoms with Crippen LogP contribution in [-0.4, -0.2) is 56.6 Å². The number of aryl methyl sites for hydroxylation is 1. The molecule has 2 aromatic rings. The molecule has 3 heterocycles. The Balaban J connectivity index is 1.69. The van der Waals surface area contributed by atoms with E-state index >= 15 is 0 Å². The summed E-state index contributed by atoms with van der Waals surface area (Å²) in [4.78, 5) is 1.35. The molecule has 2 unspecified atom stereocenters. The molecule has 1 aliphatic rings. The van der Waals surface area contributed by atoms with Gasteiger partial charge in [-0.05, 0) is 38.9 Å². The van der Waals surface area contributed by atoms with Crippen LogP contribution in [0.4, 0.5) is 19.0 Å². The highest BCUT2D eigenvalue weighted by molar-refractivity contribution is 5.44. The Morgan fingerprint density at radius 2 is 2.00 bits per heavy atom. The maximum Gasteiger partial charge on any atom is 0.404 e. The number of likely N-dealkylation sites (N-methyl/N-ethyl adjacent to an activating group) is 1. The average molecular weight is 314 g/mol. The van der Waals surface area contributed by atoms with E-state index in [0.29, 0.717) is 30.3 Å². The Bertz CT molecular complexity index is 667. The first-order valence-electron chi connectivity index (χ1n) is 7.07. The highest BCUT2D eigenvalue weighted by Gasteiger charge is 2.44. The van der Waals surface area contributed by atoms with Gasteiger partial charge in [-0.1, -0.05) is 0 Å². The molecule has 1 fully saturated rings. The van der Waals surface area contributed by atoms with Crippen molar-refractivity contribution in [1.82, 2.24) is 24.7 Å². The van der Waals surface area contributed by atoms with Crippen LogP contribution in [-0.2, 0) is 0 Å². The molecule has 2 atom stereocenters. The molecule has 0 aliphatic carbocycles. The van der Waals surface area contributed by atoms with E-state index in [0.717, 1.165) is 0 Å². The van der Waals surface area contributed by atoms with Gasteiger partial charge in [0.25, 0.3) is 0 Å². The fraction of sp³-hybridized carbons (Fsp3) is 0.615. The standard InChI is InChI=1S/C13H17F3N6/c1-8-18-19-12-6-5-11(20-22(8)12)17-9-3-4-10(13(14,15)16)21(2)7-9/h5-6,9-10H,3-4,7H2,1-2H3,(H,17,20). The lowest BCUT2D eigenvalue weighted by atomic mass is 9.98. The zero-order valence-electron chi connectivity index (χ0n) is 12.3. The van der Waals surface area contributed by atoms with E-state index in [2.05, 4.69) is 20.6 Å². The molecule has 0 spiro atoms. The maximum atomic E-state index is 12.8. The van der Waals surface area contributed by atoms with Crippen LogP contribution in [0.3, 0.4) is 0 Å². The van der Waals surface area contributed by atoms with Gasteiger partial charge >= 0.3 is 6.18 Å². The lowest BCUT2D eigenvalue weighted by Gasteiger charge is -2.38. The molecule has 3 rings (SSSR count). The Kier molecular flexibility index (Phi) is 3.67. The van der Waals surface area contributed by atoms with Gasteiger partial charge in [0.15, 0.2) is 11.5 Å². The van der Waals surface area contributed by atoms with Crippen molar-refractivity contribution < 1.29 is 13.2 Å². The van der Waals surface area contributed by atoms with E-state index in [1.54, 1.807) is 23.6 Å². The molecular formula is C13H17F3N6. The van der Waals surface area contributed by atoms with Gasteiger partial charge in [-0.25, -0.2) is 0 Å². The lowest BCUT2D eigenvalue weighted by molar-refractivity contribution is -0.187. The highest BCUT2D eigenvalue weighted by Crippen LogP contribution is 2.31. The second kappa shape index (κ2) is 5.38. The maximum absolute atomic E-state index is 12.8. The van der Waals surface area contributed by atoms with Crippen LogP contribution in [0.5, 0.6) is 0 Å². The Morgan fingerprint density at radius 1 is 1.23 bits per heavy atom. The smallest absolute Gasteiger partial charge is 0.365 e. The third kappa shape index (κ3) is 2.85.